The van der Waals surface area contributed by atoms with Crippen LogP contribution in [0.25, 0.3) is 0 Å². The fourth-order valence-corrected chi connectivity index (χ4v) is 5.09. The Morgan fingerprint density at radius 3 is 2.50 bits per heavy atom. The Labute approximate surface area is 198 Å². The zero-order chi connectivity index (χ0) is 24.1. The van der Waals surface area contributed by atoms with Gasteiger partial charge in [0.25, 0.3) is 15.9 Å². The highest BCUT2D eigenvalue weighted by molar-refractivity contribution is 7.90. The third-order valence-electron chi connectivity index (χ3n) is 6.01. The first-order valence-electron chi connectivity index (χ1n) is 11.3. The molecule has 1 aliphatic carbocycles. The molecule has 1 saturated carbocycles. The van der Waals surface area contributed by atoms with E-state index in [1.165, 1.54) is 12.1 Å². The van der Waals surface area contributed by atoms with E-state index >= 15 is 0 Å². The van der Waals surface area contributed by atoms with E-state index in [4.69, 9.17) is 0 Å². The van der Waals surface area contributed by atoms with Crippen LogP contribution in [-0.4, -0.2) is 48.9 Å². The molecule has 1 aliphatic heterocycles. The predicted octanol–water partition coefficient (Wildman–Crippen LogP) is 2.31. The summed E-state index contributed by atoms with van der Waals surface area (Å²) in [4.78, 5) is 42.0. The van der Waals surface area contributed by atoms with Crippen LogP contribution in [0.2, 0.25) is 0 Å². The molecule has 0 saturated heterocycles. The molecule has 2 aromatic rings. The molecular formula is C23H27N5O5S. The highest BCUT2D eigenvalue weighted by Crippen LogP contribution is 2.20. The number of hydrogen-bond donors (Lipinski definition) is 3. The van der Waals surface area contributed by atoms with Crippen LogP contribution in [-0.2, 0) is 23.0 Å². The van der Waals surface area contributed by atoms with Crippen LogP contribution in [0.3, 0.4) is 0 Å². The molecule has 2 aliphatic rings. The van der Waals surface area contributed by atoms with Crippen LogP contribution in [0, 0.1) is 0 Å². The Morgan fingerprint density at radius 1 is 1.06 bits per heavy atom. The Hall–Kier alpha value is -3.47. The molecule has 1 aromatic heterocycles. The molecule has 0 unspecified atom stereocenters. The summed E-state index contributed by atoms with van der Waals surface area (Å²) in [5, 5.41) is 5.43. The van der Waals surface area contributed by atoms with Gasteiger partial charge in [0.05, 0.1) is 22.7 Å². The Morgan fingerprint density at radius 2 is 1.79 bits per heavy atom. The number of fused-ring (bicyclic) bond motifs is 1. The van der Waals surface area contributed by atoms with Gasteiger partial charge >= 0.3 is 12.1 Å². The molecular weight excluding hydrogens is 458 g/mol. The Bertz CT molecular complexity index is 1180. The van der Waals surface area contributed by atoms with Gasteiger partial charge in [-0.25, -0.2) is 22.7 Å². The number of benzene rings is 1. The first kappa shape index (κ1) is 23.7. The van der Waals surface area contributed by atoms with Gasteiger partial charge < -0.3 is 10.6 Å². The molecule has 3 N–H and O–H groups in total. The number of nitrogens with one attached hydrogen (secondary N) is 3. The van der Waals surface area contributed by atoms with Crippen molar-refractivity contribution in [2.75, 3.05) is 6.54 Å². The number of pyridine rings is 1. The number of urea groups is 2. The van der Waals surface area contributed by atoms with Crippen LogP contribution in [0.5, 0.6) is 0 Å². The van der Waals surface area contributed by atoms with Crippen molar-refractivity contribution >= 4 is 28.0 Å². The largest absolute Gasteiger partial charge is 0.337 e. The second kappa shape index (κ2) is 10.2. The van der Waals surface area contributed by atoms with E-state index in [-0.39, 0.29) is 29.9 Å². The lowest BCUT2D eigenvalue weighted by Crippen LogP contribution is -2.45. The highest BCUT2D eigenvalue weighted by atomic mass is 32.2. The first-order chi connectivity index (χ1) is 16.3. The van der Waals surface area contributed by atoms with E-state index in [0.29, 0.717) is 17.7 Å². The lowest BCUT2D eigenvalue weighted by Gasteiger charge is -2.22. The van der Waals surface area contributed by atoms with E-state index in [1.54, 1.807) is 30.5 Å². The summed E-state index contributed by atoms with van der Waals surface area (Å²) in [7, 11) is -3.99. The van der Waals surface area contributed by atoms with Crippen molar-refractivity contribution in [2.24, 2.45) is 0 Å². The second-order valence-corrected chi connectivity index (χ2v) is 10.1. The smallest absolute Gasteiger partial charge is 0.328 e. The molecule has 11 heteroatoms. The van der Waals surface area contributed by atoms with Gasteiger partial charge in [-0.1, -0.05) is 31.4 Å². The van der Waals surface area contributed by atoms with Gasteiger partial charge in [-0.2, -0.15) is 0 Å². The maximum Gasteiger partial charge on any atom is 0.328 e. The normalized spacial score (nSPS) is 16.1. The lowest BCUT2D eigenvalue weighted by atomic mass is 9.96. The predicted molar refractivity (Wildman–Crippen MR) is 123 cm³/mol. The van der Waals surface area contributed by atoms with Crippen molar-refractivity contribution in [1.29, 1.82) is 0 Å². The standard InChI is InChI=1S/C23H27N5O5S/c29-21-19-7-4-13-24-20(19)15-28(21)23(31)25-14-12-16-8-10-18(11-9-16)34(32,33)27-22(30)26-17-5-2-1-3-6-17/h4,7-11,13,17H,1-3,5-6,12,14-15H2,(H,25,31)(H2,26,27,30). The van der Waals surface area contributed by atoms with Gasteiger partial charge in [0.1, 0.15) is 0 Å². The quantitative estimate of drug-likeness (QED) is 0.574. The molecule has 4 rings (SSSR count). The van der Waals surface area contributed by atoms with Gasteiger partial charge in [-0.15, -0.1) is 0 Å². The van der Waals surface area contributed by atoms with Crippen molar-refractivity contribution in [3.63, 3.8) is 0 Å². The van der Waals surface area contributed by atoms with Gasteiger partial charge in [0.15, 0.2) is 0 Å². The molecule has 0 radical (unpaired) electrons. The van der Waals surface area contributed by atoms with Gasteiger partial charge in [-0.3, -0.25) is 14.7 Å². The van der Waals surface area contributed by atoms with Crippen LogP contribution < -0.4 is 15.4 Å². The average molecular weight is 486 g/mol. The average Bonchev–Trinajstić information content (AvgIpc) is 3.16. The number of carbonyl (C=O) groups is 3. The third-order valence-corrected chi connectivity index (χ3v) is 7.36. The van der Waals surface area contributed by atoms with Crippen LogP contribution in [0.1, 0.15) is 53.7 Å². The molecule has 1 aromatic carbocycles. The fourth-order valence-electron chi connectivity index (χ4n) is 4.18. The summed E-state index contributed by atoms with van der Waals surface area (Å²) in [6.07, 6.45) is 6.92. The number of aromatic nitrogens is 1. The molecule has 1 fully saturated rings. The summed E-state index contributed by atoms with van der Waals surface area (Å²) < 4.78 is 27.1. The number of imide groups is 1. The highest BCUT2D eigenvalue weighted by Gasteiger charge is 2.32. The number of amides is 5. The van der Waals surface area contributed by atoms with E-state index < -0.39 is 22.1 Å². The summed E-state index contributed by atoms with van der Waals surface area (Å²) in [5.74, 6) is -0.379. The first-order valence-corrected chi connectivity index (χ1v) is 12.8. The number of sulfonamides is 1. The van der Waals surface area contributed by atoms with E-state index in [2.05, 4.69) is 20.3 Å². The van der Waals surface area contributed by atoms with E-state index in [1.807, 2.05) is 0 Å². The summed E-state index contributed by atoms with van der Waals surface area (Å²) in [5.41, 5.74) is 1.79. The molecule has 0 spiro atoms. The third kappa shape index (κ3) is 5.53. The van der Waals surface area contributed by atoms with Crippen molar-refractivity contribution in [2.45, 2.75) is 56.0 Å². The van der Waals surface area contributed by atoms with Crippen LogP contribution in [0.15, 0.2) is 47.5 Å². The van der Waals surface area contributed by atoms with Gasteiger partial charge in [0, 0.05) is 18.8 Å². The second-order valence-electron chi connectivity index (χ2n) is 8.43. The number of carbonyl (C=O) groups excluding carboxylic acids is 3. The van der Waals surface area contributed by atoms with E-state index in [9.17, 15) is 22.8 Å². The maximum absolute atomic E-state index is 12.5. The van der Waals surface area contributed by atoms with Gasteiger partial charge in [-0.05, 0) is 49.1 Å². The number of hydrogen-bond acceptors (Lipinski definition) is 6. The summed E-state index contributed by atoms with van der Waals surface area (Å²) in [6.45, 7) is 0.398. The zero-order valence-corrected chi connectivity index (χ0v) is 19.4. The monoisotopic (exact) mass is 485 g/mol. The van der Waals surface area contributed by atoms with Crippen molar-refractivity contribution in [1.82, 2.24) is 25.2 Å². The molecule has 5 amide bonds. The van der Waals surface area contributed by atoms with Gasteiger partial charge in [0.2, 0.25) is 0 Å². The molecule has 10 nitrogen and oxygen atoms in total. The van der Waals surface area contributed by atoms with Crippen LogP contribution in [0.4, 0.5) is 9.59 Å². The summed E-state index contributed by atoms with van der Waals surface area (Å²) >= 11 is 0. The molecule has 34 heavy (non-hydrogen) atoms. The van der Waals surface area contributed by atoms with Crippen molar-refractivity contribution in [3.8, 4) is 0 Å². The molecule has 0 bridgehead atoms. The topological polar surface area (TPSA) is 138 Å². The Kier molecular flexibility index (Phi) is 7.11. The fraction of sp³-hybridized carbons (Fsp3) is 0.391. The zero-order valence-electron chi connectivity index (χ0n) is 18.6. The number of nitrogens with zero attached hydrogens (tertiary/aromatic N) is 2. The molecule has 0 atom stereocenters. The minimum absolute atomic E-state index is 0.00261. The lowest BCUT2D eigenvalue weighted by molar-refractivity contribution is 0.0820. The SMILES string of the molecule is O=C(NC1CCCCC1)NS(=O)(=O)c1ccc(CCNC(=O)N2Cc3ncccc3C2=O)cc1. The Balaban J connectivity index is 1.25. The maximum atomic E-state index is 12.5. The summed E-state index contributed by atoms with van der Waals surface area (Å²) in [6, 6.07) is 8.16. The minimum Gasteiger partial charge on any atom is -0.337 e. The molecule has 2 heterocycles. The van der Waals surface area contributed by atoms with E-state index in [0.717, 1.165) is 42.6 Å². The number of rotatable bonds is 6. The van der Waals surface area contributed by atoms with Crippen molar-refractivity contribution < 1.29 is 22.8 Å². The minimum atomic E-state index is -3.99. The molecule has 180 valence electrons. The van der Waals surface area contributed by atoms with Crippen LogP contribution >= 0.6 is 0 Å². The van der Waals surface area contributed by atoms with Crippen molar-refractivity contribution in [3.05, 3.63) is 59.4 Å².